The van der Waals surface area contributed by atoms with Crippen LogP contribution in [0.1, 0.15) is 45.4 Å². The Hall–Kier alpha value is 0. The molecule has 0 aromatic carbocycles. The van der Waals surface area contributed by atoms with E-state index in [1.165, 1.54) is 12.8 Å². The van der Waals surface area contributed by atoms with Crippen molar-refractivity contribution in [1.82, 2.24) is 0 Å². The van der Waals surface area contributed by atoms with Gasteiger partial charge in [-0.25, -0.2) is 0 Å². The lowest BCUT2D eigenvalue weighted by Crippen LogP contribution is -2.34. The first-order valence-electron chi connectivity index (χ1n) is 5.62. The SMILES string of the molecule is C[CH]C12CCC3CC(CC3C1)C2. The highest BCUT2D eigenvalue weighted by Gasteiger charge is 2.50. The van der Waals surface area contributed by atoms with Gasteiger partial charge in [0.15, 0.2) is 0 Å². The molecule has 0 spiro atoms. The monoisotopic (exact) mass is 163 g/mol. The van der Waals surface area contributed by atoms with Crippen molar-refractivity contribution in [2.45, 2.75) is 45.4 Å². The van der Waals surface area contributed by atoms with Crippen molar-refractivity contribution in [3.8, 4) is 0 Å². The molecular weight excluding hydrogens is 144 g/mol. The second kappa shape index (κ2) is 2.27. The van der Waals surface area contributed by atoms with Crippen molar-refractivity contribution in [2.24, 2.45) is 23.2 Å². The number of fused-ring (bicyclic) bond motifs is 2. The van der Waals surface area contributed by atoms with Crippen LogP contribution in [-0.4, -0.2) is 0 Å². The molecule has 0 nitrogen and oxygen atoms in total. The average Bonchev–Trinajstić information content (AvgIpc) is 2.29. The molecule has 0 saturated heterocycles. The first kappa shape index (κ1) is 7.41. The minimum absolute atomic E-state index is 0.709. The normalized spacial score (nSPS) is 56.2. The zero-order valence-electron chi connectivity index (χ0n) is 8.05. The fourth-order valence-corrected chi connectivity index (χ4v) is 4.35. The van der Waals surface area contributed by atoms with Gasteiger partial charge in [0, 0.05) is 0 Å². The summed E-state index contributed by atoms with van der Waals surface area (Å²) in [7, 11) is 0. The van der Waals surface area contributed by atoms with Crippen LogP contribution in [0, 0.1) is 29.6 Å². The van der Waals surface area contributed by atoms with E-state index in [1.807, 2.05) is 0 Å². The highest BCUT2D eigenvalue weighted by atomic mass is 14.6. The molecule has 0 aromatic rings. The molecule has 0 amide bonds. The smallest absolute Gasteiger partial charge is 0.0264 e. The Morgan fingerprint density at radius 2 is 2.00 bits per heavy atom. The standard InChI is InChI=1S/C12H19/c1-2-12-4-3-10-5-9(7-12)6-11(10)8-12/h2,9-11H,3-8H2,1H3. The van der Waals surface area contributed by atoms with Crippen molar-refractivity contribution < 1.29 is 0 Å². The van der Waals surface area contributed by atoms with Gasteiger partial charge < -0.3 is 0 Å². The predicted octanol–water partition coefficient (Wildman–Crippen LogP) is 3.43. The summed E-state index contributed by atoms with van der Waals surface area (Å²) in [6, 6.07) is 0. The first-order chi connectivity index (χ1) is 5.81. The highest BCUT2D eigenvalue weighted by molar-refractivity contribution is 5.05. The maximum atomic E-state index is 2.54. The quantitative estimate of drug-likeness (QED) is 0.555. The first-order valence-corrected chi connectivity index (χ1v) is 5.62. The lowest BCUT2D eigenvalue weighted by Gasteiger charge is -2.44. The molecule has 0 N–H and O–H groups in total. The highest BCUT2D eigenvalue weighted by Crippen LogP contribution is 2.61. The fourth-order valence-electron chi connectivity index (χ4n) is 4.35. The van der Waals surface area contributed by atoms with Crippen LogP contribution >= 0.6 is 0 Å². The van der Waals surface area contributed by atoms with Crippen molar-refractivity contribution in [1.29, 1.82) is 0 Å². The van der Waals surface area contributed by atoms with Gasteiger partial charge in [0.2, 0.25) is 0 Å². The Kier molecular flexibility index (Phi) is 1.40. The van der Waals surface area contributed by atoms with Gasteiger partial charge in [0.05, 0.1) is 0 Å². The minimum atomic E-state index is 0.709. The van der Waals surface area contributed by atoms with Gasteiger partial charge in [-0.3, -0.25) is 0 Å². The summed E-state index contributed by atoms with van der Waals surface area (Å²) in [5.41, 5.74) is 0.709. The maximum absolute atomic E-state index is 2.54. The largest absolute Gasteiger partial charge is 0.0617 e. The van der Waals surface area contributed by atoms with Crippen molar-refractivity contribution >= 4 is 0 Å². The molecule has 3 rings (SSSR count). The van der Waals surface area contributed by atoms with Crippen LogP contribution in [0.3, 0.4) is 0 Å². The topological polar surface area (TPSA) is 0 Å². The predicted molar refractivity (Wildman–Crippen MR) is 50.6 cm³/mol. The molecule has 3 saturated carbocycles. The van der Waals surface area contributed by atoms with Gasteiger partial charge in [-0.05, 0) is 68.1 Å². The average molecular weight is 163 g/mol. The summed E-state index contributed by atoms with van der Waals surface area (Å²) in [6.45, 7) is 2.30. The van der Waals surface area contributed by atoms with Crippen molar-refractivity contribution in [2.75, 3.05) is 0 Å². The zero-order chi connectivity index (χ0) is 8.18. The molecule has 3 aliphatic carbocycles. The van der Waals surface area contributed by atoms with Crippen LogP contribution in [0.15, 0.2) is 0 Å². The third-order valence-electron chi connectivity index (χ3n) is 4.93. The van der Waals surface area contributed by atoms with Gasteiger partial charge >= 0.3 is 0 Å². The third-order valence-corrected chi connectivity index (χ3v) is 4.93. The van der Waals surface area contributed by atoms with Gasteiger partial charge in [-0.2, -0.15) is 0 Å². The van der Waals surface area contributed by atoms with Crippen LogP contribution in [0.5, 0.6) is 0 Å². The third kappa shape index (κ3) is 0.843. The number of rotatable bonds is 1. The fraction of sp³-hybridized carbons (Fsp3) is 0.917. The molecule has 0 aromatic heterocycles. The molecule has 4 unspecified atom stereocenters. The summed E-state index contributed by atoms with van der Waals surface area (Å²) >= 11 is 0. The lowest BCUT2D eigenvalue weighted by molar-refractivity contribution is 0.0995. The molecule has 0 aliphatic heterocycles. The van der Waals surface area contributed by atoms with E-state index in [1.54, 1.807) is 25.7 Å². The Labute approximate surface area is 75.7 Å². The summed E-state index contributed by atoms with van der Waals surface area (Å²) in [4.78, 5) is 0. The maximum Gasteiger partial charge on any atom is -0.0264 e. The molecule has 3 bridgehead atoms. The van der Waals surface area contributed by atoms with Gasteiger partial charge in [-0.1, -0.05) is 6.92 Å². The Bertz CT molecular complexity index is 192. The van der Waals surface area contributed by atoms with E-state index >= 15 is 0 Å². The molecule has 67 valence electrons. The molecule has 3 aliphatic rings. The molecular formula is C12H19. The van der Waals surface area contributed by atoms with E-state index in [0.717, 1.165) is 17.8 Å². The van der Waals surface area contributed by atoms with E-state index in [0.29, 0.717) is 5.41 Å². The zero-order valence-corrected chi connectivity index (χ0v) is 8.05. The Morgan fingerprint density at radius 3 is 2.83 bits per heavy atom. The molecule has 0 heteroatoms. The summed E-state index contributed by atoms with van der Waals surface area (Å²) < 4.78 is 0. The molecule has 0 heterocycles. The lowest BCUT2D eigenvalue weighted by atomic mass is 9.61. The number of hydrogen-bond donors (Lipinski definition) is 0. The summed E-state index contributed by atoms with van der Waals surface area (Å²) in [5, 5.41) is 0. The van der Waals surface area contributed by atoms with Gasteiger partial charge in [0.1, 0.15) is 0 Å². The summed E-state index contributed by atoms with van der Waals surface area (Å²) in [6.07, 6.45) is 11.8. The van der Waals surface area contributed by atoms with Crippen LogP contribution in [-0.2, 0) is 0 Å². The van der Waals surface area contributed by atoms with Crippen LogP contribution in [0.4, 0.5) is 0 Å². The molecule has 3 fully saturated rings. The number of hydrogen-bond acceptors (Lipinski definition) is 0. The van der Waals surface area contributed by atoms with Gasteiger partial charge in [0.25, 0.3) is 0 Å². The Morgan fingerprint density at radius 1 is 1.17 bits per heavy atom. The minimum Gasteiger partial charge on any atom is -0.0617 e. The molecule has 1 radical (unpaired) electrons. The van der Waals surface area contributed by atoms with Gasteiger partial charge in [-0.15, -0.1) is 0 Å². The van der Waals surface area contributed by atoms with Crippen LogP contribution in [0.2, 0.25) is 0 Å². The Balaban J connectivity index is 1.93. The van der Waals surface area contributed by atoms with Crippen LogP contribution in [0.25, 0.3) is 0 Å². The van der Waals surface area contributed by atoms with Crippen LogP contribution < -0.4 is 0 Å². The van der Waals surface area contributed by atoms with E-state index in [4.69, 9.17) is 0 Å². The van der Waals surface area contributed by atoms with E-state index in [9.17, 15) is 0 Å². The summed E-state index contributed by atoms with van der Waals surface area (Å²) in [5.74, 6) is 3.40. The molecule has 12 heavy (non-hydrogen) atoms. The van der Waals surface area contributed by atoms with Crippen molar-refractivity contribution in [3.63, 3.8) is 0 Å². The van der Waals surface area contributed by atoms with Crippen molar-refractivity contribution in [3.05, 3.63) is 6.42 Å². The van der Waals surface area contributed by atoms with E-state index < -0.39 is 0 Å². The molecule has 4 atom stereocenters. The second-order valence-electron chi connectivity index (χ2n) is 5.46. The van der Waals surface area contributed by atoms with E-state index in [-0.39, 0.29) is 0 Å². The second-order valence-corrected chi connectivity index (χ2v) is 5.46. The van der Waals surface area contributed by atoms with E-state index in [2.05, 4.69) is 13.3 Å².